The maximum absolute atomic E-state index is 13.5. The fourth-order valence-corrected chi connectivity index (χ4v) is 4.37. The Balaban J connectivity index is 1.86. The average molecular weight is 572 g/mol. The normalized spacial score (nSPS) is 12.0. The predicted molar refractivity (Wildman–Crippen MR) is 138 cm³/mol. The van der Waals surface area contributed by atoms with E-state index in [9.17, 15) is 31.1 Å². The first-order valence-electron chi connectivity index (χ1n) is 11.8. The summed E-state index contributed by atoms with van der Waals surface area (Å²) in [5.74, 6) is 0.566. The van der Waals surface area contributed by atoms with Gasteiger partial charge in [0.05, 0.1) is 18.2 Å². The molecule has 210 valence electrons. The lowest BCUT2D eigenvalue weighted by molar-refractivity contribution is -0.138. The van der Waals surface area contributed by atoms with Crippen LogP contribution >= 0.6 is 11.8 Å². The molecule has 0 heterocycles. The van der Waals surface area contributed by atoms with Crippen molar-refractivity contribution in [3.05, 3.63) is 82.4 Å². The van der Waals surface area contributed by atoms with Crippen molar-refractivity contribution in [2.24, 2.45) is 0 Å². The van der Waals surface area contributed by atoms with Gasteiger partial charge < -0.3 is 14.8 Å². The van der Waals surface area contributed by atoms with E-state index in [4.69, 9.17) is 9.47 Å². The van der Waals surface area contributed by atoms with Crippen molar-refractivity contribution in [3.8, 4) is 16.9 Å². The molecule has 0 bridgehead atoms. The van der Waals surface area contributed by atoms with Crippen LogP contribution in [-0.4, -0.2) is 19.5 Å². The van der Waals surface area contributed by atoms with Crippen LogP contribution in [0.25, 0.3) is 11.1 Å². The van der Waals surface area contributed by atoms with Gasteiger partial charge in [-0.3, -0.25) is 0 Å². The van der Waals surface area contributed by atoms with E-state index in [-0.39, 0.29) is 23.6 Å². The Labute approximate surface area is 226 Å². The second kappa shape index (κ2) is 12.2. The molecular formula is C28H27F6NO3S. The summed E-state index contributed by atoms with van der Waals surface area (Å²) >= 11 is 1.12. The van der Waals surface area contributed by atoms with Crippen LogP contribution in [0.5, 0.6) is 5.75 Å². The van der Waals surface area contributed by atoms with E-state index in [0.717, 1.165) is 41.6 Å². The van der Waals surface area contributed by atoms with Crippen molar-refractivity contribution in [2.45, 2.75) is 50.2 Å². The molecule has 3 aromatic carbocycles. The Morgan fingerprint density at radius 1 is 0.897 bits per heavy atom. The first-order chi connectivity index (χ1) is 18.2. The molecule has 3 aromatic rings. The fourth-order valence-electron chi connectivity index (χ4n) is 3.86. The number of amides is 1. The van der Waals surface area contributed by atoms with Gasteiger partial charge in [0, 0.05) is 17.0 Å². The molecule has 0 atom stereocenters. The molecule has 1 N–H and O–H groups in total. The number of carbonyl (C=O) groups excluding carboxylic acids is 1. The molecule has 0 fully saturated rings. The topological polar surface area (TPSA) is 47.6 Å². The Morgan fingerprint density at radius 3 is 2.18 bits per heavy atom. The number of ether oxygens (including phenoxy) is 2. The molecule has 3 rings (SSSR count). The first kappa shape index (κ1) is 30.2. The highest BCUT2D eigenvalue weighted by molar-refractivity contribution is 7.98. The third kappa shape index (κ3) is 7.84. The van der Waals surface area contributed by atoms with Crippen LogP contribution in [0.2, 0.25) is 0 Å². The Hall–Kier alpha value is -3.34. The van der Waals surface area contributed by atoms with Crippen LogP contribution in [0.3, 0.4) is 0 Å². The number of alkyl carbamates (subject to hydrolysis) is 1. The van der Waals surface area contributed by atoms with Gasteiger partial charge >= 0.3 is 18.4 Å². The van der Waals surface area contributed by atoms with E-state index in [1.54, 1.807) is 12.3 Å². The van der Waals surface area contributed by atoms with Crippen molar-refractivity contribution in [1.29, 1.82) is 0 Å². The highest BCUT2D eigenvalue weighted by Gasteiger charge is 2.32. The molecule has 0 aromatic heterocycles. The van der Waals surface area contributed by atoms with Gasteiger partial charge in [-0.15, -0.1) is 11.8 Å². The van der Waals surface area contributed by atoms with Gasteiger partial charge in [-0.05, 0) is 76.9 Å². The van der Waals surface area contributed by atoms with Gasteiger partial charge in [0.25, 0.3) is 0 Å². The lowest BCUT2D eigenvalue weighted by Gasteiger charge is -2.18. The van der Waals surface area contributed by atoms with Gasteiger partial charge in [0.1, 0.15) is 12.4 Å². The molecule has 0 unspecified atom stereocenters. The van der Waals surface area contributed by atoms with Gasteiger partial charge in [-0.2, -0.15) is 26.3 Å². The summed E-state index contributed by atoms with van der Waals surface area (Å²) in [4.78, 5) is 12.8. The molecule has 0 radical (unpaired) electrons. The number of rotatable bonds is 8. The van der Waals surface area contributed by atoms with Gasteiger partial charge in [0.15, 0.2) is 0 Å². The molecule has 0 saturated carbocycles. The number of thioether (sulfide) groups is 1. The average Bonchev–Trinajstić information content (AvgIpc) is 2.88. The number of hydrogen-bond acceptors (Lipinski definition) is 4. The zero-order valence-electron chi connectivity index (χ0n) is 21.6. The summed E-state index contributed by atoms with van der Waals surface area (Å²) in [7, 11) is 1.44. The van der Waals surface area contributed by atoms with Crippen molar-refractivity contribution in [1.82, 2.24) is 5.32 Å². The monoisotopic (exact) mass is 571 g/mol. The summed E-state index contributed by atoms with van der Waals surface area (Å²) in [6.45, 7) is 3.16. The van der Waals surface area contributed by atoms with Gasteiger partial charge in [-0.1, -0.05) is 26.0 Å². The first-order valence-corrected chi connectivity index (χ1v) is 13.0. The summed E-state index contributed by atoms with van der Waals surface area (Å²) in [5.41, 5.74) is 0.358. The minimum atomic E-state index is -4.63. The SMILES string of the molecule is COc1ccc(C(C)C)cc1-c1ccc(C(F)(F)F)cc1COC(=O)NCc1cc(SC)cc(C(F)(F)F)c1. The molecule has 0 aliphatic carbocycles. The fraction of sp³-hybridized carbons (Fsp3) is 0.321. The minimum Gasteiger partial charge on any atom is -0.496 e. The van der Waals surface area contributed by atoms with Gasteiger partial charge in [0.2, 0.25) is 0 Å². The van der Waals surface area contributed by atoms with Crippen LogP contribution in [-0.2, 0) is 30.2 Å². The minimum absolute atomic E-state index is 0.0860. The van der Waals surface area contributed by atoms with E-state index in [1.165, 1.54) is 19.2 Å². The van der Waals surface area contributed by atoms with Crippen molar-refractivity contribution < 1.29 is 40.6 Å². The lowest BCUT2D eigenvalue weighted by Crippen LogP contribution is -2.24. The molecule has 39 heavy (non-hydrogen) atoms. The van der Waals surface area contributed by atoms with E-state index in [0.29, 0.717) is 21.8 Å². The summed E-state index contributed by atoms with van der Waals surface area (Å²) in [5, 5.41) is 2.37. The van der Waals surface area contributed by atoms with Crippen molar-refractivity contribution in [3.63, 3.8) is 0 Å². The molecule has 11 heteroatoms. The zero-order chi connectivity index (χ0) is 29.0. The van der Waals surface area contributed by atoms with E-state index >= 15 is 0 Å². The predicted octanol–water partition coefficient (Wildman–Crippen LogP) is 8.67. The number of halogens is 6. The van der Waals surface area contributed by atoms with E-state index < -0.39 is 36.2 Å². The molecule has 0 aliphatic heterocycles. The smallest absolute Gasteiger partial charge is 0.416 e. The van der Waals surface area contributed by atoms with Crippen LogP contribution in [0, 0.1) is 0 Å². The van der Waals surface area contributed by atoms with E-state index in [2.05, 4.69) is 5.32 Å². The third-order valence-electron chi connectivity index (χ3n) is 5.94. The largest absolute Gasteiger partial charge is 0.496 e. The quantitative estimate of drug-likeness (QED) is 0.217. The Bertz CT molecular complexity index is 1320. The van der Waals surface area contributed by atoms with E-state index in [1.807, 2.05) is 26.0 Å². The second-order valence-electron chi connectivity index (χ2n) is 8.98. The molecule has 0 spiro atoms. The number of benzene rings is 3. The number of methoxy groups -OCH3 is 1. The number of hydrogen-bond donors (Lipinski definition) is 1. The van der Waals surface area contributed by atoms with Crippen molar-refractivity contribution >= 4 is 17.9 Å². The third-order valence-corrected chi connectivity index (χ3v) is 6.65. The van der Waals surface area contributed by atoms with Crippen LogP contribution in [0.15, 0.2) is 59.5 Å². The van der Waals surface area contributed by atoms with Gasteiger partial charge in [-0.25, -0.2) is 4.79 Å². The highest BCUT2D eigenvalue weighted by Crippen LogP contribution is 2.38. The zero-order valence-corrected chi connectivity index (χ0v) is 22.4. The van der Waals surface area contributed by atoms with Crippen molar-refractivity contribution in [2.75, 3.05) is 13.4 Å². The Kier molecular flexibility index (Phi) is 9.47. The van der Waals surface area contributed by atoms with Crippen LogP contribution in [0.4, 0.5) is 31.1 Å². The number of nitrogens with one attached hydrogen (secondary N) is 1. The second-order valence-corrected chi connectivity index (χ2v) is 9.86. The summed E-state index contributed by atoms with van der Waals surface area (Å²) in [6, 6.07) is 12.0. The molecular weight excluding hydrogens is 544 g/mol. The Morgan fingerprint density at radius 2 is 1.59 bits per heavy atom. The molecule has 0 aliphatic rings. The maximum Gasteiger partial charge on any atom is 0.416 e. The van der Waals surface area contributed by atoms with Crippen LogP contribution in [0.1, 0.15) is 47.6 Å². The number of alkyl halides is 6. The molecule has 4 nitrogen and oxygen atoms in total. The summed E-state index contributed by atoms with van der Waals surface area (Å²) in [6.07, 6.45) is -8.56. The molecule has 1 amide bonds. The number of carbonyl (C=O) groups is 1. The standard InChI is InChI=1S/C28H27F6NO3S/c1-16(2)18-5-8-25(37-3)24(12-18)23-7-6-20(27(29,30)31)11-19(23)15-38-26(36)35-14-17-9-21(28(32,33)34)13-22(10-17)39-4/h5-13,16H,14-15H2,1-4H3,(H,35,36). The van der Waals surface area contributed by atoms with Crippen LogP contribution < -0.4 is 10.1 Å². The maximum atomic E-state index is 13.5. The summed E-state index contributed by atoms with van der Waals surface area (Å²) < 4.78 is 90.7. The highest BCUT2D eigenvalue weighted by atomic mass is 32.2. The molecule has 0 saturated heterocycles. The lowest BCUT2D eigenvalue weighted by atomic mass is 9.93.